The molecule has 3 nitrogen and oxygen atoms in total. The van der Waals surface area contributed by atoms with Gasteiger partial charge in [-0.25, -0.2) is 0 Å². The second-order valence-electron chi connectivity index (χ2n) is 7.18. The van der Waals surface area contributed by atoms with Crippen LogP contribution in [0, 0.1) is 11.8 Å². The second kappa shape index (κ2) is 7.24. The average molecular weight is 281 g/mol. The van der Waals surface area contributed by atoms with Gasteiger partial charge in [0.15, 0.2) is 0 Å². The molecule has 3 atom stereocenters. The van der Waals surface area contributed by atoms with E-state index in [1.54, 1.807) is 0 Å². The van der Waals surface area contributed by atoms with Gasteiger partial charge in [0.25, 0.3) is 0 Å². The Labute approximate surface area is 125 Å². The van der Waals surface area contributed by atoms with E-state index in [9.17, 15) is 0 Å². The fraction of sp³-hybridized carbons (Fsp3) is 1.00. The van der Waals surface area contributed by atoms with Crippen molar-refractivity contribution in [2.45, 2.75) is 83.7 Å². The Kier molecular flexibility index (Phi) is 5.88. The van der Waals surface area contributed by atoms with Gasteiger partial charge in [-0.15, -0.1) is 0 Å². The standard InChI is InChI=1S/C17H35N3/c1-4-17(5-2,20-11-6-7-12-20)16(19-18)15-10-8-9-14(3)13-15/h14-16,19H,4-13,18H2,1-3H3. The first-order valence-electron chi connectivity index (χ1n) is 8.89. The number of nitrogens with one attached hydrogen (secondary N) is 1. The van der Waals surface area contributed by atoms with Crippen LogP contribution in [0.25, 0.3) is 0 Å². The summed E-state index contributed by atoms with van der Waals surface area (Å²) in [5.41, 5.74) is 3.54. The number of nitrogens with zero attached hydrogens (tertiary/aromatic N) is 1. The molecule has 0 spiro atoms. The third-order valence-corrected chi connectivity index (χ3v) is 6.17. The van der Waals surface area contributed by atoms with Crippen LogP contribution in [-0.4, -0.2) is 29.6 Å². The molecule has 0 aromatic carbocycles. The minimum atomic E-state index is 0.271. The molecule has 0 amide bonds. The summed E-state index contributed by atoms with van der Waals surface area (Å²) >= 11 is 0. The molecular weight excluding hydrogens is 246 g/mol. The minimum absolute atomic E-state index is 0.271. The number of hydrogen-bond donors (Lipinski definition) is 2. The van der Waals surface area contributed by atoms with Gasteiger partial charge in [0.05, 0.1) is 0 Å². The first kappa shape index (κ1) is 16.3. The molecule has 2 rings (SSSR count). The van der Waals surface area contributed by atoms with E-state index in [4.69, 9.17) is 5.84 Å². The van der Waals surface area contributed by atoms with Crippen LogP contribution in [0.1, 0.15) is 72.1 Å². The fourth-order valence-corrected chi connectivity index (χ4v) is 5.01. The smallest absolute Gasteiger partial charge is 0.0422 e. The molecule has 1 aliphatic heterocycles. The summed E-state index contributed by atoms with van der Waals surface area (Å²) in [7, 11) is 0. The van der Waals surface area contributed by atoms with Crippen LogP contribution in [0.4, 0.5) is 0 Å². The van der Waals surface area contributed by atoms with E-state index >= 15 is 0 Å². The van der Waals surface area contributed by atoms with E-state index in [-0.39, 0.29) is 5.54 Å². The molecule has 1 saturated heterocycles. The Morgan fingerprint density at radius 2 is 1.80 bits per heavy atom. The van der Waals surface area contributed by atoms with Crippen LogP contribution >= 0.6 is 0 Å². The highest BCUT2D eigenvalue weighted by molar-refractivity contribution is 5.03. The van der Waals surface area contributed by atoms with Crippen molar-refractivity contribution in [1.29, 1.82) is 0 Å². The molecule has 2 aliphatic rings. The second-order valence-corrected chi connectivity index (χ2v) is 7.18. The van der Waals surface area contributed by atoms with Crippen LogP contribution in [0.2, 0.25) is 0 Å². The third kappa shape index (κ3) is 3.05. The number of nitrogens with two attached hydrogens (primary N) is 1. The molecule has 20 heavy (non-hydrogen) atoms. The summed E-state index contributed by atoms with van der Waals surface area (Å²) in [6.45, 7) is 9.66. The monoisotopic (exact) mass is 281 g/mol. The van der Waals surface area contributed by atoms with Gasteiger partial charge in [-0.05, 0) is 63.5 Å². The van der Waals surface area contributed by atoms with Crippen LogP contribution in [0.5, 0.6) is 0 Å². The SMILES string of the molecule is CCC(CC)(C(NN)C1CCCC(C)C1)N1CCCC1. The van der Waals surface area contributed by atoms with Crippen molar-refractivity contribution in [2.75, 3.05) is 13.1 Å². The summed E-state index contributed by atoms with van der Waals surface area (Å²) < 4.78 is 0. The van der Waals surface area contributed by atoms with Gasteiger partial charge >= 0.3 is 0 Å². The molecule has 3 N–H and O–H groups in total. The van der Waals surface area contributed by atoms with Gasteiger partial charge in [-0.1, -0.05) is 33.6 Å². The number of likely N-dealkylation sites (tertiary alicyclic amines) is 1. The maximum Gasteiger partial charge on any atom is 0.0422 e. The predicted octanol–water partition coefficient (Wildman–Crippen LogP) is 3.30. The van der Waals surface area contributed by atoms with E-state index < -0.39 is 0 Å². The van der Waals surface area contributed by atoms with Gasteiger partial charge in [0.1, 0.15) is 0 Å². The van der Waals surface area contributed by atoms with Crippen LogP contribution < -0.4 is 11.3 Å². The molecule has 1 heterocycles. The van der Waals surface area contributed by atoms with Gasteiger partial charge in [0, 0.05) is 11.6 Å². The van der Waals surface area contributed by atoms with E-state index in [0.29, 0.717) is 6.04 Å². The Hall–Kier alpha value is -0.120. The van der Waals surface area contributed by atoms with Crippen molar-refractivity contribution in [2.24, 2.45) is 17.7 Å². The highest BCUT2D eigenvalue weighted by Gasteiger charge is 2.45. The molecule has 0 radical (unpaired) electrons. The number of hydrogen-bond acceptors (Lipinski definition) is 3. The molecule has 1 saturated carbocycles. The lowest BCUT2D eigenvalue weighted by Gasteiger charge is -2.50. The third-order valence-electron chi connectivity index (χ3n) is 6.17. The zero-order chi connectivity index (χ0) is 14.6. The lowest BCUT2D eigenvalue weighted by atomic mass is 9.70. The van der Waals surface area contributed by atoms with Crippen molar-refractivity contribution < 1.29 is 0 Å². The van der Waals surface area contributed by atoms with E-state index in [1.165, 1.54) is 64.5 Å². The molecule has 3 unspecified atom stereocenters. The van der Waals surface area contributed by atoms with Crippen molar-refractivity contribution in [3.05, 3.63) is 0 Å². The molecule has 3 heteroatoms. The van der Waals surface area contributed by atoms with Crippen LogP contribution in [0.3, 0.4) is 0 Å². The van der Waals surface area contributed by atoms with Crippen LogP contribution in [-0.2, 0) is 0 Å². The predicted molar refractivity (Wildman–Crippen MR) is 86.4 cm³/mol. The Balaban J connectivity index is 2.19. The summed E-state index contributed by atoms with van der Waals surface area (Å²) in [5.74, 6) is 7.70. The highest BCUT2D eigenvalue weighted by Crippen LogP contribution is 2.40. The molecule has 118 valence electrons. The molecule has 0 aromatic heterocycles. The van der Waals surface area contributed by atoms with Crippen molar-refractivity contribution >= 4 is 0 Å². The summed E-state index contributed by atoms with van der Waals surface area (Å²) in [5, 5.41) is 0. The maximum absolute atomic E-state index is 6.08. The van der Waals surface area contributed by atoms with Crippen molar-refractivity contribution in [1.82, 2.24) is 10.3 Å². The lowest BCUT2D eigenvalue weighted by Crippen LogP contribution is -2.64. The Morgan fingerprint density at radius 1 is 1.15 bits per heavy atom. The van der Waals surface area contributed by atoms with E-state index in [2.05, 4.69) is 31.1 Å². The molecule has 1 aliphatic carbocycles. The molecule has 0 aromatic rings. The molecule has 0 bridgehead atoms. The summed E-state index contributed by atoms with van der Waals surface area (Å²) in [6.07, 6.45) is 10.6. The van der Waals surface area contributed by atoms with Crippen LogP contribution in [0.15, 0.2) is 0 Å². The lowest BCUT2D eigenvalue weighted by molar-refractivity contribution is 0.0234. The molecule has 2 fully saturated rings. The number of hydrazine groups is 1. The topological polar surface area (TPSA) is 41.3 Å². The zero-order valence-electron chi connectivity index (χ0n) is 13.8. The van der Waals surface area contributed by atoms with Gasteiger partial charge in [-0.3, -0.25) is 16.2 Å². The fourth-order valence-electron chi connectivity index (χ4n) is 5.01. The zero-order valence-corrected chi connectivity index (χ0v) is 13.8. The van der Waals surface area contributed by atoms with Gasteiger partial charge in [0.2, 0.25) is 0 Å². The largest absolute Gasteiger partial charge is 0.296 e. The summed E-state index contributed by atoms with van der Waals surface area (Å²) in [6, 6.07) is 0.457. The first-order chi connectivity index (χ1) is 9.67. The van der Waals surface area contributed by atoms with Gasteiger partial charge in [-0.2, -0.15) is 0 Å². The summed E-state index contributed by atoms with van der Waals surface area (Å²) in [4.78, 5) is 2.75. The Morgan fingerprint density at radius 3 is 2.30 bits per heavy atom. The molecular formula is C17H35N3. The quantitative estimate of drug-likeness (QED) is 0.580. The normalized spacial score (nSPS) is 30.6. The Bertz CT molecular complexity index is 282. The minimum Gasteiger partial charge on any atom is -0.296 e. The average Bonchev–Trinajstić information content (AvgIpc) is 2.99. The van der Waals surface area contributed by atoms with Gasteiger partial charge < -0.3 is 0 Å². The first-order valence-corrected chi connectivity index (χ1v) is 8.89. The highest BCUT2D eigenvalue weighted by atomic mass is 15.3. The van der Waals surface area contributed by atoms with Crippen molar-refractivity contribution in [3.63, 3.8) is 0 Å². The van der Waals surface area contributed by atoms with Crippen molar-refractivity contribution in [3.8, 4) is 0 Å². The van der Waals surface area contributed by atoms with E-state index in [1.807, 2.05) is 0 Å². The number of rotatable bonds is 6. The van der Waals surface area contributed by atoms with E-state index in [0.717, 1.165) is 11.8 Å². The maximum atomic E-state index is 6.08.